The smallest absolute Gasteiger partial charge is 0.163 e. The Labute approximate surface area is 103 Å². The van der Waals surface area contributed by atoms with E-state index < -0.39 is 0 Å². The number of rotatable bonds is 0. The second-order valence-electron chi connectivity index (χ2n) is 4.27. The predicted molar refractivity (Wildman–Crippen MR) is 72.3 cm³/mol. The number of fused-ring (bicyclic) bond motifs is 5. The van der Waals surface area contributed by atoms with Crippen molar-refractivity contribution in [1.82, 2.24) is 15.0 Å². The van der Waals surface area contributed by atoms with Crippen LogP contribution in [0.5, 0.6) is 0 Å². The quantitative estimate of drug-likeness (QED) is 0.436. The van der Waals surface area contributed by atoms with Crippen molar-refractivity contribution in [2.45, 2.75) is 0 Å². The van der Waals surface area contributed by atoms with Crippen molar-refractivity contribution in [2.24, 2.45) is 0 Å². The van der Waals surface area contributed by atoms with E-state index in [0.29, 0.717) is 0 Å². The van der Waals surface area contributed by atoms with E-state index in [0.717, 1.165) is 16.4 Å². The van der Waals surface area contributed by atoms with Gasteiger partial charge in [0.25, 0.3) is 0 Å². The third-order valence-electron chi connectivity index (χ3n) is 3.25. The summed E-state index contributed by atoms with van der Waals surface area (Å²) in [5.41, 5.74) is 0.744. The minimum atomic E-state index is 0.744. The maximum absolute atomic E-state index is 4.37. The van der Waals surface area contributed by atoms with Crippen LogP contribution in [0.2, 0.25) is 0 Å². The Bertz CT molecular complexity index is 813. The molecule has 2 aromatic carbocycles. The van der Waals surface area contributed by atoms with E-state index in [1.165, 1.54) is 22.5 Å². The molecule has 0 saturated carbocycles. The van der Waals surface area contributed by atoms with Gasteiger partial charge in [-0.25, -0.2) is 15.0 Å². The lowest BCUT2D eigenvalue weighted by Crippen LogP contribution is -1.87. The van der Waals surface area contributed by atoms with Gasteiger partial charge >= 0.3 is 0 Å². The van der Waals surface area contributed by atoms with Gasteiger partial charge in [-0.3, -0.25) is 0 Å². The molecule has 0 N–H and O–H groups in total. The second kappa shape index (κ2) is 3.47. The topological polar surface area (TPSA) is 38.7 Å². The van der Waals surface area contributed by atoms with E-state index in [1.807, 2.05) is 18.5 Å². The van der Waals surface area contributed by atoms with Crippen LogP contribution in [0.25, 0.3) is 32.6 Å². The van der Waals surface area contributed by atoms with Crippen LogP contribution in [0.15, 0.2) is 55.1 Å². The Kier molecular flexibility index (Phi) is 1.83. The first-order valence-corrected chi connectivity index (χ1v) is 5.80. The fourth-order valence-corrected chi connectivity index (χ4v) is 2.43. The molecule has 0 aliphatic carbocycles. The summed E-state index contributed by atoms with van der Waals surface area (Å²) in [6, 6.07) is 12.6. The molecule has 0 aliphatic rings. The normalized spacial score (nSPS) is 11.3. The average Bonchev–Trinajstić information content (AvgIpc) is 2.46. The van der Waals surface area contributed by atoms with Gasteiger partial charge in [0.1, 0.15) is 6.33 Å². The lowest BCUT2D eigenvalue weighted by atomic mass is 10.0. The minimum Gasteiger partial charge on any atom is -0.244 e. The monoisotopic (exact) mass is 231 g/mol. The van der Waals surface area contributed by atoms with Gasteiger partial charge in [-0.2, -0.15) is 0 Å². The molecule has 2 heterocycles. The fourth-order valence-electron chi connectivity index (χ4n) is 2.43. The molecule has 84 valence electrons. The van der Waals surface area contributed by atoms with Crippen LogP contribution in [0.3, 0.4) is 0 Å². The zero-order valence-corrected chi connectivity index (χ0v) is 9.54. The molecule has 0 saturated heterocycles. The van der Waals surface area contributed by atoms with Crippen LogP contribution in [0.1, 0.15) is 0 Å². The van der Waals surface area contributed by atoms with E-state index in [9.17, 15) is 0 Å². The van der Waals surface area contributed by atoms with Gasteiger partial charge in [-0.1, -0.05) is 36.4 Å². The second-order valence-corrected chi connectivity index (χ2v) is 4.27. The highest BCUT2D eigenvalue weighted by atomic mass is 14.9. The molecule has 18 heavy (non-hydrogen) atoms. The lowest BCUT2D eigenvalue weighted by Gasteiger charge is -2.05. The van der Waals surface area contributed by atoms with Crippen molar-refractivity contribution < 1.29 is 0 Å². The van der Waals surface area contributed by atoms with E-state index in [1.54, 1.807) is 0 Å². The van der Waals surface area contributed by atoms with E-state index >= 15 is 0 Å². The van der Waals surface area contributed by atoms with Crippen LogP contribution >= 0.6 is 0 Å². The molecule has 0 bridgehead atoms. The summed E-state index contributed by atoms with van der Waals surface area (Å²) in [5.74, 6) is 0. The molecule has 3 nitrogen and oxygen atoms in total. The van der Waals surface area contributed by atoms with Crippen LogP contribution in [-0.4, -0.2) is 15.0 Å². The summed E-state index contributed by atoms with van der Waals surface area (Å²) in [5, 5.41) is 5.75. The molecular weight excluding hydrogens is 222 g/mol. The predicted octanol–water partition coefficient (Wildman–Crippen LogP) is 3.33. The number of aromatic nitrogens is 3. The van der Waals surface area contributed by atoms with Crippen LogP contribution in [0.4, 0.5) is 0 Å². The maximum atomic E-state index is 4.37. The van der Waals surface area contributed by atoms with Crippen molar-refractivity contribution >= 4 is 32.6 Å². The molecular formula is C15H9N3. The van der Waals surface area contributed by atoms with Gasteiger partial charge in [-0.05, 0) is 10.8 Å². The molecule has 0 fully saturated rings. The largest absolute Gasteiger partial charge is 0.244 e. The zero-order chi connectivity index (χ0) is 11.9. The van der Waals surface area contributed by atoms with E-state index in [4.69, 9.17) is 0 Å². The fraction of sp³-hybridized carbons (Fsp3) is 0. The summed E-state index contributed by atoms with van der Waals surface area (Å²) < 4.78 is 0. The van der Waals surface area contributed by atoms with Gasteiger partial charge in [0.15, 0.2) is 5.65 Å². The number of hydrogen-bond donors (Lipinski definition) is 0. The Morgan fingerprint density at radius 2 is 1.61 bits per heavy atom. The molecule has 0 amide bonds. The van der Waals surface area contributed by atoms with Crippen molar-refractivity contribution in [1.29, 1.82) is 0 Å². The molecule has 0 atom stereocenters. The Balaban J connectivity index is 2.38. The highest BCUT2D eigenvalue weighted by Crippen LogP contribution is 2.29. The summed E-state index contributed by atoms with van der Waals surface area (Å²) in [6.45, 7) is 0. The minimum absolute atomic E-state index is 0.744. The summed E-state index contributed by atoms with van der Waals surface area (Å²) >= 11 is 0. The number of benzene rings is 2. The van der Waals surface area contributed by atoms with Crippen molar-refractivity contribution in [3.63, 3.8) is 0 Å². The molecule has 0 spiro atoms. The zero-order valence-electron chi connectivity index (χ0n) is 9.54. The summed E-state index contributed by atoms with van der Waals surface area (Å²) in [7, 11) is 0. The standard InChI is InChI=1S/C15H9N3/c1-2-4-12-10(3-1)5-6-11-7-17-15-13(14(11)12)8-16-9-18-15/h1-9H. The SMILES string of the molecule is c1ccc2c(c1)ccc1cnc3ncncc3c12. The van der Waals surface area contributed by atoms with E-state index in [-0.39, 0.29) is 0 Å². The van der Waals surface area contributed by atoms with Crippen molar-refractivity contribution in [2.75, 3.05) is 0 Å². The van der Waals surface area contributed by atoms with Gasteiger partial charge in [-0.15, -0.1) is 0 Å². The van der Waals surface area contributed by atoms with Crippen molar-refractivity contribution in [3.8, 4) is 0 Å². The molecule has 0 radical (unpaired) electrons. The first-order chi connectivity index (χ1) is 8.93. The van der Waals surface area contributed by atoms with Gasteiger partial charge < -0.3 is 0 Å². The highest BCUT2D eigenvalue weighted by molar-refractivity contribution is 6.18. The molecule has 0 aliphatic heterocycles. The maximum Gasteiger partial charge on any atom is 0.163 e. The third kappa shape index (κ3) is 1.21. The first-order valence-electron chi connectivity index (χ1n) is 5.80. The van der Waals surface area contributed by atoms with Gasteiger partial charge in [0, 0.05) is 28.6 Å². The average molecular weight is 231 g/mol. The molecule has 0 unspecified atom stereocenters. The molecule has 4 aromatic rings. The molecule has 3 heteroatoms. The molecule has 2 aromatic heterocycles. The first kappa shape index (κ1) is 9.48. The third-order valence-corrected chi connectivity index (χ3v) is 3.25. The molecule has 4 rings (SSSR count). The Hall–Kier alpha value is -2.55. The highest BCUT2D eigenvalue weighted by Gasteiger charge is 2.06. The van der Waals surface area contributed by atoms with Crippen LogP contribution < -0.4 is 0 Å². The summed E-state index contributed by atoms with van der Waals surface area (Å²) in [4.78, 5) is 12.7. The van der Waals surface area contributed by atoms with Crippen molar-refractivity contribution in [3.05, 3.63) is 55.1 Å². The van der Waals surface area contributed by atoms with Gasteiger partial charge in [0.2, 0.25) is 0 Å². The van der Waals surface area contributed by atoms with E-state index in [2.05, 4.69) is 45.3 Å². The number of pyridine rings is 1. The Morgan fingerprint density at radius 3 is 2.61 bits per heavy atom. The van der Waals surface area contributed by atoms with Crippen LogP contribution in [0, 0.1) is 0 Å². The summed E-state index contributed by atoms with van der Waals surface area (Å²) in [6.07, 6.45) is 5.24. The number of hydrogen-bond acceptors (Lipinski definition) is 3. The van der Waals surface area contributed by atoms with Gasteiger partial charge in [0.05, 0.1) is 0 Å². The lowest BCUT2D eigenvalue weighted by molar-refractivity contribution is 1.19. The Morgan fingerprint density at radius 1 is 0.722 bits per heavy atom. The van der Waals surface area contributed by atoms with Crippen LogP contribution in [-0.2, 0) is 0 Å². The number of nitrogens with zero attached hydrogens (tertiary/aromatic N) is 3.